The predicted octanol–water partition coefficient (Wildman–Crippen LogP) is 5.81. The zero-order valence-corrected chi connectivity index (χ0v) is 19.8. The molecule has 0 aromatic heterocycles. The molecule has 156 valence electrons. The molecular formula is C27H24BrO2P. The summed E-state index contributed by atoms with van der Waals surface area (Å²) in [7, 11) is 1.43. The fourth-order valence-electron chi connectivity index (χ4n) is 4.22. The summed E-state index contributed by atoms with van der Waals surface area (Å²) in [6.45, 7) is 0. The second-order valence-corrected chi connectivity index (χ2v) is 16.4. The first-order valence-corrected chi connectivity index (χ1v) is 14.6. The summed E-state index contributed by atoms with van der Waals surface area (Å²) in [6.07, 6.45) is 0.648. The van der Waals surface area contributed by atoms with Gasteiger partial charge in [0.25, 0.3) is 0 Å². The van der Waals surface area contributed by atoms with Crippen LogP contribution >= 0.6 is 20.8 Å². The molecule has 0 aliphatic heterocycles. The molecule has 0 saturated carbocycles. The van der Waals surface area contributed by atoms with E-state index in [9.17, 15) is 4.79 Å². The molecule has 0 fully saturated rings. The summed E-state index contributed by atoms with van der Waals surface area (Å²) in [4.78, 5) is 12.6. The Balaban J connectivity index is 2.09. The fourth-order valence-corrected chi connectivity index (χ4v) is 11.9. The molecule has 0 atom stereocenters. The van der Waals surface area contributed by atoms with E-state index in [1.807, 2.05) is 42.5 Å². The maximum absolute atomic E-state index is 12.6. The van der Waals surface area contributed by atoms with Crippen LogP contribution in [0.2, 0.25) is 0 Å². The van der Waals surface area contributed by atoms with Crippen molar-refractivity contribution in [1.29, 1.82) is 0 Å². The first-order chi connectivity index (χ1) is 15.1. The van der Waals surface area contributed by atoms with Gasteiger partial charge in [-0.05, 0) is 0 Å². The molecule has 0 aliphatic rings. The molecule has 0 N–H and O–H groups in total. The van der Waals surface area contributed by atoms with Crippen LogP contribution in [0, 0.1) is 0 Å². The van der Waals surface area contributed by atoms with Crippen LogP contribution in [0.3, 0.4) is 0 Å². The molecule has 2 nitrogen and oxygen atoms in total. The molecule has 0 bridgehead atoms. The van der Waals surface area contributed by atoms with Gasteiger partial charge in [0.2, 0.25) is 0 Å². The van der Waals surface area contributed by atoms with Crippen LogP contribution in [-0.2, 0) is 10.9 Å². The Morgan fingerprint density at radius 1 is 0.677 bits per heavy atom. The number of hydrogen-bond donors (Lipinski definition) is 0. The van der Waals surface area contributed by atoms with Crippen molar-refractivity contribution in [3.63, 3.8) is 0 Å². The Morgan fingerprint density at radius 3 is 1.48 bits per heavy atom. The Bertz CT molecular complexity index is 1080. The van der Waals surface area contributed by atoms with E-state index in [4.69, 9.17) is 4.74 Å². The van der Waals surface area contributed by atoms with Gasteiger partial charge in [-0.2, -0.15) is 0 Å². The predicted molar refractivity (Wildman–Crippen MR) is 136 cm³/mol. The Hall–Kier alpha value is -2.74. The van der Waals surface area contributed by atoms with Gasteiger partial charge in [0.15, 0.2) is 0 Å². The van der Waals surface area contributed by atoms with E-state index >= 15 is 0 Å². The van der Waals surface area contributed by atoms with Crippen LogP contribution in [0.4, 0.5) is 0 Å². The number of benzene rings is 4. The van der Waals surface area contributed by atoms with Crippen LogP contribution < -0.4 is 15.9 Å². The number of methoxy groups -OCH3 is 1. The third-order valence-corrected chi connectivity index (χ3v) is 15.3. The molecule has 0 amide bonds. The van der Waals surface area contributed by atoms with Gasteiger partial charge in [0.05, 0.1) is 0 Å². The zero-order chi connectivity index (χ0) is 21.8. The van der Waals surface area contributed by atoms with Crippen molar-refractivity contribution in [3.05, 3.63) is 126 Å². The van der Waals surface area contributed by atoms with Crippen LogP contribution in [0.5, 0.6) is 0 Å². The second-order valence-electron chi connectivity index (χ2n) is 7.50. The molecule has 4 aromatic rings. The zero-order valence-electron chi connectivity index (χ0n) is 17.3. The van der Waals surface area contributed by atoms with Gasteiger partial charge in [0.1, 0.15) is 0 Å². The van der Waals surface area contributed by atoms with Gasteiger partial charge in [0, 0.05) is 0 Å². The van der Waals surface area contributed by atoms with E-state index in [2.05, 4.69) is 88.3 Å². The van der Waals surface area contributed by atoms with Crippen LogP contribution in [0.25, 0.3) is 0 Å². The quantitative estimate of drug-likeness (QED) is 0.251. The van der Waals surface area contributed by atoms with E-state index in [1.165, 1.54) is 23.0 Å². The first-order valence-electron chi connectivity index (χ1n) is 10.1. The van der Waals surface area contributed by atoms with Crippen molar-refractivity contribution < 1.29 is 9.53 Å². The number of carbonyl (C=O) groups is 1. The van der Waals surface area contributed by atoms with Gasteiger partial charge in [-0.3, -0.25) is 0 Å². The molecule has 0 heterocycles. The van der Waals surface area contributed by atoms with Crippen molar-refractivity contribution in [2.24, 2.45) is 0 Å². The van der Waals surface area contributed by atoms with Crippen LogP contribution in [0.15, 0.2) is 115 Å². The number of rotatable bonds is 6. The monoisotopic (exact) mass is 490 g/mol. The van der Waals surface area contributed by atoms with Crippen LogP contribution in [0.1, 0.15) is 15.9 Å². The minimum atomic E-state index is -3.17. The molecule has 0 saturated heterocycles. The van der Waals surface area contributed by atoms with E-state index in [-0.39, 0.29) is 5.97 Å². The molecule has 0 unspecified atom stereocenters. The summed E-state index contributed by atoms with van der Waals surface area (Å²) in [6, 6.07) is 39.5. The number of ether oxygens (including phenoxy) is 1. The molecule has 4 aromatic carbocycles. The maximum atomic E-state index is 12.6. The third kappa shape index (κ3) is 3.73. The summed E-state index contributed by atoms with van der Waals surface area (Å²) >= 11 is 4.44. The minimum absolute atomic E-state index is 0.317. The Labute approximate surface area is 191 Å². The summed E-state index contributed by atoms with van der Waals surface area (Å²) < 4.78 is 5.10. The Kier molecular flexibility index (Phi) is 6.09. The molecule has 0 aliphatic carbocycles. The molecule has 31 heavy (non-hydrogen) atoms. The van der Waals surface area contributed by atoms with E-state index in [1.54, 1.807) is 0 Å². The topological polar surface area (TPSA) is 26.3 Å². The average molecular weight is 491 g/mol. The number of carbonyl (C=O) groups excluding carboxylic acids is 1. The molecular weight excluding hydrogens is 467 g/mol. The van der Waals surface area contributed by atoms with Gasteiger partial charge < -0.3 is 0 Å². The first kappa shape index (κ1) is 21.5. The fraction of sp³-hybridized carbons (Fsp3) is 0.0741. The number of halogens is 1. The van der Waals surface area contributed by atoms with Gasteiger partial charge >= 0.3 is 192 Å². The summed E-state index contributed by atoms with van der Waals surface area (Å²) in [5.41, 5.74) is 1.56. The normalized spacial score (nSPS) is 12.5. The van der Waals surface area contributed by atoms with E-state index < -0.39 is 5.31 Å². The van der Waals surface area contributed by atoms with Crippen molar-refractivity contribution >= 4 is 42.7 Å². The van der Waals surface area contributed by atoms with Crippen molar-refractivity contribution in [2.45, 2.75) is 6.16 Å². The van der Waals surface area contributed by atoms with Gasteiger partial charge in [-0.15, -0.1) is 0 Å². The number of hydrogen-bond acceptors (Lipinski definition) is 2. The molecule has 0 radical (unpaired) electrons. The van der Waals surface area contributed by atoms with Crippen molar-refractivity contribution in [3.8, 4) is 0 Å². The van der Waals surface area contributed by atoms with E-state index in [0.717, 1.165) is 5.56 Å². The van der Waals surface area contributed by atoms with Crippen molar-refractivity contribution in [2.75, 3.05) is 7.11 Å². The average Bonchev–Trinajstić information content (AvgIpc) is 2.85. The second kappa shape index (κ2) is 8.78. The van der Waals surface area contributed by atoms with Crippen LogP contribution in [-0.4, -0.2) is 13.1 Å². The third-order valence-electron chi connectivity index (χ3n) is 5.77. The summed E-state index contributed by atoms with van der Waals surface area (Å²) in [5, 5.41) is 0.471. The summed E-state index contributed by atoms with van der Waals surface area (Å²) in [5.74, 6) is -0.317. The molecule has 0 spiro atoms. The number of esters is 1. The van der Waals surface area contributed by atoms with Gasteiger partial charge in [-0.1, -0.05) is 0 Å². The molecule has 4 rings (SSSR count). The van der Waals surface area contributed by atoms with E-state index in [0.29, 0.717) is 11.7 Å². The standard InChI is InChI=1S/C27H24BrO2P/c1-30-27(29)26-20-12-11-13-22(26)21-31(28,23-14-5-2-6-15-23,24-16-7-3-8-17-24)25-18-9-4-10-19-25/h2-20H,21H2,1H3. The van der Waals surface area contributed by atoms with Gasteiger partial charge in [-0.25, -0.2) is 0 Å². The van der Waals surface area contributed by atoms with Crippen molar-refractivity contribution in [1.82, 2.24) is 0 Å². The Morgan fingerprint density at radius 2 is 1.06 bits per heavy atom. The SMILES string of the molecule is COC(=O)c1ccccc1CP(Br)(c1ccccc1)(c1ccccc1)c1ccccc1. The molecule has 4 heteroatoms.